The summed E-state index contributed by atoms with van der Waals surface area (Å²) < 4.78 is 18.6. The van der Waals surface area contributed by atoms with Gasteiger partial charge in [-0.3, -0.25) is 38.7 Å². The van der Waals surface area contributed by atoms with Gasteiger partial charge >= 0.3 is 0 Å². The topological polar surface area (TPSA) is 173 Å². The predicted molar refractivity (Wildman–Crippen MR) is 262 cm³/mol. The lowest BCUT2D eigenvalue weighted by atomic mass is 9.98. The molecule has 5 aromatic carbocycles. The van der Waals surface area contributed by atoms with Crippen molar-refractivity contribution in [1.82, 2.24) is 5.32 Å². The summed E-state index contributed by atoms with van der Waals surface area (Å²) in [6.07, 6.45) is 4.72. The van der Waals surface area contributed by atoms with Crippen LogP contribution in [-0.4, -0.2) is 67.1 Å². The van der Waals surface area contributed by atoms with E-state index in [1.165, 1.54) is 12.7 Å². The number of nitrogens with one attached hydrogen (secondary N) is 2. The molecule has 0 saturated heterocycles. The van der Waals surface area contributed by atoms with Gasteiger partial charge in [0.1, 0.15) is 24.7 Å². The Kier molecular flexibility index (Phi) is 13.4. The Morgan fingerprint density at radius 2 is 1.38 bits per heavy atom. The Morgan fingerprint density at radius 1 is 0.710 bits per heavy atom. The second kappa shape index (κ2) is 19.9. The molecular formula is C55H55N5O9. The number of methoxy groups -OCH3 is 1. The highest BCUT2D eigenvalue weighted by molar-refractivity contribution is 6.15. The van der Waals surface area contributed by atoms with Crippen LogP contribution in [0.4, 0.5) is 22.7 Å². The molecule has 69 heavy (non-hydrogen) atoms. The molecule has 0 aliphatic carbocycles. The number of hydrogen-bond acceptors (Lipinski definition) is 10. The number of fused-ring (bicyclic) bond motifs is 8. The number of carbonyl (C=O) groups excluding carboxylic acids is 6. The molecule has 5 aromatic rings. The highest BCUT2D eigenvalue weighted by Crippen LogP contribution is 2.42. The van der Waals surface area contributed by atoms with Crippen LogP contribution in [0.15, 0.2) is 96.0 Å². The number of aliphatic imine (C=N–C) groups is 1. The smallest absolute Gasteiger partial charge is 0.261 e. The van der Waals surface area contributed by atoms with Crippen LogP contribution in [0.1, 0.15) is 100 Å². The van der Waals surface area contributed by atoms with Gasteiger partial charge in [-0.25, -0.2) is 0 Å². The van der Waals surface area contributed by atoms with Crippen LogP contribution in [0.2, 0.25) is 0 Å². The summed E-state index contributed by atoms with van der Waals surface area (Å²) in [5.74, 6) is -0.149. The van der Waals surface area contributed by atoms with Gasteiger partial charge in [0, 0.05) is 79.0 Å². The van der Waals surface area contributed by atoms with Crippen molar-refractivity contribution in [2.45, 2.75) is 97.4 Å². The molecule has 4 amide bonds. The number of carbonyl (C=O) groups is 6. The monoisotopic (exact) mass is 929 g/mol. The number of rotatable bonds is 17. The lowest BCUT2D eigenvalue weighted by molar-refractivity contribution is -0.128. The van der Waals surface area contributed by atoms with E-state index in [4.69, 9.17) is 19.2 Å². The largest absolute Gasteiger partial charge is 0.493 e. The predicted octanol–water partition coefficient (Wildman–Crippen LogP) is 8.38. The summed E-state index contributed by atoms with van der Waals surface area (Å²) in [5, 5.41) is 5.47. The van der Waals surface area contributed by atoms with Gasteiger partial charge in [-0.15, -0.1) is 0 Å². The normalized spacial score (nSPS) is 16.3. The number of aryl methyl sites for hydroxylation is 2. The number of benzene rings is 5. The summed E-state index contributed by atoms with van der Waals surface area (Å²) in [4.78, 5) is 86.7. The quantitative estimate of drug-likeness (QED) is 0.0929. The summed E-state index contributed by atoms with van der Waals surface area (Å²) in [6, 6.07) is 28.5. The second-order valence-electron chi connectivity index (χ2n) is 18.4. The van der Waals surface area contributed by atoms with Gasteiger partial charge in [0.25, 0.3) is 11.8 Å². The SMILES string of the molecule is COc1cc2c(cc1OCc1cc(COc3cc4c(cc3C)C(=O)N3c5ccccc5C[C@H]3CC4)cc(NC(=O)CCC(=O)CNC(=O)CCC(=O)C(C)C)c1)N=C[C@@H]1Cc3ccccc3N1C2=O. The molecule has 2 N–H and O–H groups in total. The Morgan fingerprint density at radius 3 is 2.10 bits per heavy atom. The molecule has 2 atom stereocenters. The number of ether oxygens (including phenoxy) is 3. The highest BCUT2D eigenvalue weighted by atomic mass is 16.5. The third kappa shape index (κ3) is 10.0. The maximum atomic E-state index is 14.0. The summed E-state index contributed by atoms with van der Waals surface area (Å²) in [7, 11) is 1.51. The van der Waals surface area contributed by atoms with Crippen LogP contribution in [0, 0.1) is 12.8 Å². The first-order valence-electron chi connectivity index (χ1n) is 23.6. The van der Waals surface area contributed by atoms with E-state index in [9.17, 15) is 28.8 Å². The molecule has 0 saturated carbocycles. The van der Waals surface area contributed by atoms with E-state index >= 15 is 0 Å². The fourth-order valence-corrected chi connectivity index (χ4v) is 9.60. The Bertz CT molecular complexity index is 2920. The molecule has 0 radical (unpaired) electrons. The molecule has 4 aliphatic rings. The second-order valence-corrected chi connectivity index (χ2v) is 18.4. The van der Waals surface area contributed by atoms with Gasteiger partial charge in [0.05, 0.1) is 30.9 Å². The van der Waals surface area contributed by atoms with E-state index in [1.54, 1.807) is 49.2 Å². The average Bonchev–Trinajstić information content (AvgIpc) is 3.84. The van der Waals surface area contributed by atoms with Crippen molar-refractivity contribution >= 4 is 64.2 Å². The molecule has 9 rings (SSSR count). The van der Waals surface area contributed by atoms with E-state index in [1.807, 2.05) is 72.5 Å². The first kappa shape index (κ1) is 46.5. The molecule has 0 fully saturated rings. The van der Waals surface area contributed by atoms with Crippen molar-refractivity contribution in [2.24, 2.45) is 10.9 Å². The molecule has 0 spiro atoms. The number of nitrogens with zero attached hydrogens (tertiary/aromatic N) is 3. The maximum Gasteiger partial charge on any atom is 0.261 e. The number of para-hydroxylation sites is 2. The van der Waals surface area contributed by atoms with Gasteiger partial charge < -0.3 is 29.7 Å². The minimum atomic E-state index is -0.408. The Labute approximate surface area is 401 Å². The number of anilines is 3. The molecule has 14 nitrogen and oxygen atoms in total. The van der Waals surface area contributed by atoms with Crippen LogP contribution in [0.3, 0.4) is 0 Å². The van der Waals surface area contributed by atoms with Crippen LogP contribution < -0.4 is 34.6 Å². The van der Waals surface area contributed by atoms with E-state index in [2.05, 4.69) is 16.7 Å². The minimum Gasteiger partial charge on any atom is -0.493 e. The maximum absolute atomic E-state index is 14.0. The molecule has 14 heteroatoms. The zero-order valence-corrected chi connectivity index (χ0v) is 39.3. The van der Waals surface area contributed by atoms with Crippen molar-refractivity contribution in [3.8, 4) is 17.2 Å². The highest BCUT2D eigenvalue weighted by Gasteiger charge is 2.38. The van der Waals surface area contributed by atoms with Crippen molar-refractivity contribution in [3.63, 3.8) is 0 Å². The Hall–Kier alpha value is -7.61. The van der Waals surface area contributed by atoms with Gasteiger partial charge in [-0.2, -0.15) is 0 Å². The van der Waals surface area contributed by atoms with Gasteiger partial charge in [-0.05, 0) is 108 Å². The lowest BCUT2D eigenvalue weighted by Gasteiger charge is -2.23. The van der Waals surface area contributed by atoms with Crippen molar-refractivity contribution in [3.05, 3.63) is 136 Å². The third-order valence-corrected chi connectivity index (χ3v) is 13.3. The summed E-state index contributed by atoms with van der Waals surface area (Å²) >= 11 is 0. The van der Waals surface area contributed by atoms with Crippen molar-refractivity contribution in [1.29, 1.82) is 0 Å². The molecule has 0 aromatic heterocycles. The van der Waals surface area contributed by atoms with Crippen LogP contribution >= 0.6 is 0 Å². The molecule has 4 heterocycles. The van der Waals surface area contributed by atoms with Crippen LogP contribution in [0.5, 0.6) is 17.2 Å². The van der Waals surface area contributed by atoms with Crippen molar-refractivity contribution < 1.29 is 43.0 Å². The number of amides is 4. The third-order valence-electron chi connectivity index (χ3n) is 13.3. The van der Waals surface area contributed by atoms with Crippen LogP contribution in [-0.2, 0) is 51.7 Å². The molecule has 4 aliphatic heterocycles. The number of Topliss-reactive ketones (excluding diaryl/α,β-unsaturated/α-hetero) is 2. The van der Waals surface area contributed by atoms with E-state index < -0.39 is 11.8 Å². The van der Waals surface area contributed by atoms with Gasteiger partial charge in [-0.1, -0.05) is 50.2 Å². The fraction of sp³-hybridized carbons (Fsp3) is 0.327. The number of hydrogen-bond donors (Lipinski definition) is 2. The van der Waals surface area contributed by atoms with Gasteiger partial charge in [0.15, 0.2) is 17.3 Å². The van der Waals surface area contributed by atoms with E-state index in [-0.39, 0.29) is 86.8 Å². The summed E-state index contributed by atoms with van der Waals surface area (Å²) in [5.41, 5.74) is 9.22. The minimum absolute atomic E-state index is 0.00131. The first-order chi connectivity index (χ1) is 33.3. The van der Waals surface area contributed by atoms with E-state index in [0.717, 1.165) is 47.3 Å². The molecule has 0 bridgehead atoms. The lowest BCUT2D eigenvalue weighted by Crippen LogP contribution is -2.37. The zero-order valence-electron chi connectivity index (χ0n) is 39.3. The standard InChI is InChI=1S/C55H55N5O9/c1-32(2)48(62)16-18-52(63)57-29-42(61)15-17-53(64)58-39-21-34(30-68-49-25-36-13-14-40-23-37-9-5-7-11-46(37)59(40)54(65)43(36)19-33(49)3)20-35(22-39)31-69-51-27-45-44(26-50(51)67-4)55(66)60-41(28-56-45)24-38-10-6-8-12-47(38)60/h5-12,19-22,25-28,32,40-41H,13-18,23-24,29-31H2,1-4H3,(H,57,63)(H,58,64)/t40-,41+/m1/s1. The fourth-order valence-electron chi connectivity index (χ4n) is 9.60. The van der Waals surface area contributed by atoms with Gasteiger partial charge in [0.2, 0.25) is 11.8 Å². The zero-order chi connectivity index (χ0) is 48.3. The van der Waals surface area contributed by atoms with Crippen molar-refractivity contribution in [2.75, 3.05) is 28.8 Å². The average molecular weight is 930 g/mol. The number of ketones is 2. The molecule has 354 valence electrons. The molecule has 0 unspecified atom stereocenters. The Balaban J connectivity index is 0.915. The van der Waals surface area contributed by atoms with E-state index in [0.29, 0.717) is 57.3 Å². The molecular weight excluding hydrogens is 875 g/mol. The summed E-state index contributed by atoms with van der Waals surface area (Å²) in [6.45, 7) is 5.38. The van der Waals surface area contributed by atoms with Crippen LogP contribution in [0.25, 0.3) is 0 Å². The first-order valence-corrected chi connectivity index (χ1v) is 23.6.